The van der Waals surface area contributed by atoms with Gasteiger partial charge in [0.25, 0.3) is 0 Å². The number of Topliss-reactive ketones (excluding diaryl/α,β-unsaturated/α-hetero) is 1. The molecule has 0 bridgehead atoms. The Morgan fingerprint density at radius 1 is 1.30 bits per heavy atom. The first-order valence-corrected chi connectivity index (χ1v) is 6.96. The highest BCUT2D eigenvalue weighted by atomic mass is 16.1. The van der Waals surface area contributed by atoms with Crippen molar-refractivity contribution < 1.29 is 4.79 Å². The number of hydrogen-bond donors (Lipinski definition) is 0. The van der Waals surface area contributed by atoms with Gasteiger partial charge in [-0.2, -0.15) is 0 Å². The maximum atomic E-state index is 12.4. The minimum atomic E-state index is 0.197. The molecule has 3 rings (SSSR count). The molecule has 0 spiro atoms. The van der Waals surface area contributed by atoms with Gasteiger partial charge in [0.15, 0.2) is 5.78 Å². The summed E-state index contributed by atoms with van der Waals surface area (Å²) in [4.78, 5) is 18.9. The highest BCUT2D eigenvalue weighted by molar-refractivity contribution is 5.98. The third-order valence-corrected chi connectivity index (χ3v) is 3.87. The standard InChI is InChI=1S/C16H19N3O/c1-12-3-4-14(13(2)9-12)15(20)10-18-7-8-19-6-5-17-16(19)11-18/h3-6,9H,7-8,10-11H2,1-2H3. The molecule has 4 nitrogen and oxygen atoms in total. The first-order valence-electron chi connectivity index (χ1n) is 6.96. The summed E-state index contributed by atoms with van der Waals surface area (Å²) in [5.41, 5.74) is 3.09. The summed E-state index contributed by atoms with van der Waals surface area (Å²) in [6.45, 7) is 7.09. The number of fused-ring (bicyclic) bond motifs is 1. The van der Waals surface area contributed by atoms with Crippen molar-refractivity contribution in [2.45, 2.75) is 26.9 Å². The van der Waals surface area contributed by atoms with E-state index in [1.54, 1.807) is 0 Å². The molecule has 0 radical (unpaired) electrons. The number of ketones is 1. The summed E-state index contributed by atoms with van der Waals surface area (Å²) in [6.07, 6.45) is 3.82. The zero-order valence-electron chi connectivity index (χ0n) is 12.0. The number of imidazole rings is 1. The molecule has 0 saturated heterocycles. The monoisotopic (exact) mass is 269 g/mol. The zero-order valence-corrected chi connectivity index (χ0v) is 12.0. The summed E-state index contributed by atoms with van der Waals surface area (Å²) < 4.78 is 2.15. The van der Waals surface area contributed by atoms with E-state index in [4.69, 9.17) is 0 Å². The first-order chi connectivity index (χ1) is 9.63. The number of hydrogen-bond acceptors (Lipinski definition) is 3. The molecule has 0 amide bonds. The van der Waals surface area contributed by atoms with Gasteiger partial charge in [0.2, 0.25) is 0 Å². The fourth-order valence-electron chi connectivity index (χ4n) is 2.77. The molecule has 1 aliphatic rings. The molecule has 2 heterocycles. The molecule has 0 saturated carbocycles. The lowest BCUT2D eigenvalue weighted by Gasteiger charge is -2.27. The maximum absolute atomic E-state index is 12.4. The van der Waals surface area contributed by atoms with E-state index in [0.29, 0.717) is 6.54 Å². The van der Waals surface area contributed by atoms with Crippen LogP contribution in [0.3, 0.4) is 0 Å². The Hall–Kier alpha value is -1.94. The Labute approximate surface area is 119 Å². The Morgan fingerprint density at radius 2 is 2.15 bits per heavy atom. The molecule has 1 aromatic heterocycles. The zero-order chi connectivity index (χ0) is 14.1. The third-order valence-electron chi connectivity index (χ3n) is 3.87. The molecular weight excluding hydrogens is 250 g/mol. The van der Waals surface area contributed by atoms with Gasteiger partial charge in [0.05, 0.1) is 13.1 Å². The lowest BCUT2D eigenvalue weighted by molar-refractivity contribution is 0.0907. The van der Waals surface area contributed by atoms with Gasteiger partial charge in [-0.15, -0.1) is 0 Å². The van der Waals surface area contributed by atoms with Crippen LogP contribution in [-0.2, 0) is 13.1 Å². The molecule has 0 atom stereocenters. The van der Waals surface area contributed by atoms with E-state index < -0.39 is 0 Å². The van der Waals surface area contributed by atoms with E-state index in [0.717, 1.165) is 36.6 Å². The average molecular weight is 269 g/mol. The van der Waals surface area contributed by atoms with Gasteiger partial charge in [-0.05, 0) is 19.4 Å². The predicted octanol–water partition coefficient (Wildman–Crippen LogP) is 2.20. The number of benzene rings is 1. The van der Waals surface area contributed by atoms with E-state index >= 15 is 0 Å². The first kappa shape index (κ1) is 13.1. The normalized spacial score (nSPS) is 15.1. The summed E-state index contributed by atoms with van der Waals surface area (Å²) in [5, 5.41) is 0. The number of nitrogens with zero attached hydrogens (tertiary/aromatic N) is 3. The Morgan fingerprint density at radius 3 is 2.95 bits per heavy atom. The van der Waals surface area contributed by atoms with Crippen LogP contribution >= 0.6 is 0 Å². The van der Waals surface area contributed by atoms with Crippen LogP contribution < -0.4 is 0 Å². The van der Waals surface area contributed by atoms with Crippen LogP contribution in [0.5, 0.6) is 0 Å². The highest BCUT2D eigenvalue weighted by Gasteiger charge is 2.20. The van der Waals surface area contributed by atoms with Crippen LogP contribution in [0.1, 0.15) is 27.3 Å². The molecular formula is C16H19N3O. The van der Waals surface area contributed by atoms with Gasteiger partial charge in [-0.3, -0.25) is 9.69 Å². The van der Waals surface area contributed by atoms with Crippen molar-refractivity contribution in [1.82, 2.24) is 14.5 Å². The van der Waals surface area contributed by atoms with Crippen molar-refractivity contribution >= 4 is 5.78 Å². The van der Waals surface area contributed by atoms with Crippen molar-refractivity contribution in [2.75, 3.05) is 13.1 Å². The predicted molar refractivity (Wildman–Crippen MR) is 77.8 cm³/mol. The molecule has 0 aliphatic carbocycles. The van der Waals surface area contributed by atoms with Crippen LogP contribution in [0, 0.1) is 13.8 Å². The second-order valence-electron chi connectivity index (χ2n) is 5.49. The number of carbonyl (C=O) groups excluding carboxylic acids is 1. The quantitative estimate of drug-likeness (QED) is 0.802. The van der Waals surface area contributed by atoms with Crippen molar-refractivity contribution in [3.63, 3.8) is 0 Å². The lowest BCUT2D eigenvalue weighted by Crippen LogP contribution is -2.37. The third kappa shape index (κ3) is 2.51. The molecule has 1 aromatic carbocycles. The minimum absolute atomic E-state index is 0.197. The van der Waals surface area contributed by atoms with E-state index in [1.807, 2.05) is 38.4 Å². The van der Waals surface area contributed by atoms with Gasteiger partial charge in [0, 0.05) is 31.0 Å². The van der Waals surface area contributed by atoms with E-state index in [-0.39, 0.29) is 5.78 Å². The van der Waals surface area contributed by atoms with Gasteiger partial charge in [-0.1, -0.05) is 23.8 Å². The Balaban J connectivity index is 1.71. The molecule has 4 heteroatoms. The van der Waals surface area contributed by atoms with Crippen LogP contribution in [0.15, 0.2) is 30.6 Å². The van der Waals surface area contributed by atoms with Crippen LogP contribution in [0.4, 0.5) is 0 Å². The summed E-state index contributed by atoms with van der Waals surface area (Å²) in [6, 6.07) is 6.01. The van der Waals surface area contributed by atoms with Gasteiger partial charge < -0.3 is 4.57 Å². The topological polar surface area (TPSA) is 38.1 Å². The van der Waals surface area contributed by atoms with Gasteiger partial charge in [0.1, 0.15) is 5.82 Å². The fraction of sp³-hybridized carbons (Fsp3) is 0.375. The highest BCUT2D eigenvalue weighted by Crippen LogP contribution is 2.14. The lowest BCUT2D eigenvalue weighted by atomic mass is 10.0. The number of carbonyl (C=O) groups is 1. The van der Waals surface area contributed by atoms with Crippen molar-refractivity contribution in [3.8, 4) is 0 Å². The molecule has 104 valence electrons. The molecule has 1 aliphatic heterocycles. The van der Waals surface area contributed by atoms with Crippen molar-refractivity contribution in [2.24, 2.45) is 0 Å². The van der Waals surface area contributed by atoms with Crippen LogP contribution in [-0.4, -0.2) is 33.3 Å². The summed E-state index contributed by atoms with van der Waals surface area (Å²) in [5.74, 6) is 1.24. The van der Waals surface area contributed by atoms with Crippen LogP contribution in [0.25, 0.3) is 0 Å². The second kappa shape index (κ2) is 5.21. The average Bonchev–Trinajstić information content (AvgIpc) is 2.85. The second-order valence-corrected chi connectivity index (χ2v) is 5.49. The summed E-state index contributed by atoms with van der Waals surface area (Å²) in [7, 11) is 0. The number of aromatic nitrogens is 2. The molecule has 0 fully saturated rings. The minimum Gasteiger partial charge on any atom is -0.333 e. The van der Waals surface area contributed by atoms with Crippen molar-refractivity contribution in [1.29, 1.82) is 0 Å². The molecule has 0 N–H and O–H groups in total. The van der Waals surface area contributed by atoms with Gasteiger partial charge >= 0.3 is 0 Å². The molecule has 0 unspecified atom stereocenters. The Bertz CT molecular complexity index is 645. The van der Waals surface area contributed by atoms with E-state index in [9.17, 15) is 4.79 Å². The van der Waals surface area contributed by atoms with Crippen molar-refractivity contribution in [3.05, 3.63) is 53.1 Å². The van der Waals surface area contributed by atoms with E-state index in [1.165, 1.54) is 5.56 Å². The molecule has 2 aromatic rings. The maximum Gasteiger partial charge on any atom is 0.177 e. The van der Waals surface area contributed by atoms with E-state index in [2.05, 4.69) is 20.5 Å². The molecule has 20 heavy (non-hydrogen) atoms. The van der Waals surface area contributed by atoms with Crippen LogP contribution in [0.2, 0.25) is 0 Å². The number of aryl methyl sites for hydroxylation is 2. The number of rotatable bonds is 3. The van der Waals surface area contributed by atoms with Gasteiger partial charge in [-0.25, -0.2) is 4.98 Å². The fourth-order valence-corrected chi connectivity index (χ4v) is 2.77. The SMILES string of the molecule is Cc1ccc(C(=O)CN2CCn3ccnc3C2)c(C)c1. The smallest absolute Gasteiger partial charge is 0.177 e. The summed E-state index contributed by atoms with van der Waals surface area (Å²) >= 11 is 0. The Kier molecular flexibility index (Phi) is 3.40. The largest absolute Gasteiger partial charge is 0.333 e.